The van der Waals surface area contributed by atoms with Crippen LogP contribution in [0.25, 0.3) is 0 Å². The van der Waals surface area contributed by atoms with Gasteiger partial charge in [0.15, 0.2) is 6.29 Å². The minimum absolute atomic E-state index is 0.0626. The Bertz CT molecular complexity index is 440. The highest BCUT2D eigenvalue weighted by molar-refractivity contribution is 6.32. The maximum atomic E-state index is 10.9. The molecule has 5 heteroatoms. The number of aldehydes is 1. The largest absolute Gasteiger partial charge is 0.490 e. The van der Waals surface area contributed by atoms with E-state index in [9.17, 15) is 9.59 Å². The Labute approximate surface area is 104 Å². The number of hydrogen-bond donors (Lipinski definition) is 1. The van der Waals surface area contributed by atoms with Crippen molar-refractivity contribution >= 4 is 23.9 Å². The van der Waals surface area contributed by atoms with Gasteiger partial charge in [0.2, 0.25) is 0 Å². The van der Waals surface area contributed by atoms with E-state index in [2.05, 4.69) is 0 Å². The third kappa shape index (κ3) is 3.20. The summed E-state index contributed by atoms with van der Waals surface area (Å²) in [6.45, 7) is 3.01. The molecule has 1 rings (SSSR count). The smallest absolute Gasteiger partial charge is 0.312 e. The van der Waals surface area contributed by atoms with Crippen LogP contribution in [-0.4, -0.2) is 24.0 Å². The standard InChI is InChI=1S/C12H13ClO4/c1-12(2,11(15)16)7-17-10-8(6-14)4-3-5-9(10)13/h3-6H,7H2,1-2H3,(H,15,16). The van der Waals surface area contributed by atoms with Crippen molar-refractivity contribution in [3.8, 4) is 5.75 Å². The Hall–Kier alpha value is -1.55. The van der Waals surface area contributed by atoms with Gasteiger partial charge < -0.3 is 9.84 Å². The molecular weight excluding hydrogens is 244 g/mol. The average Bonchev–Trinajstić information content (AvgIpc) is 2.26. The molecule has 0 aliphatic rings. The second-order valence-corrected chi connectivity index (χ2v) is 4.66. The van der Waals surface area contributed by atoms with Crippen molar-refractivity contribution in [3.05, 3.63) is 28.8 Å². The molecular formula is C12H13ClO4. The SMILES string of the molecule is CC(C)(COc1c(Cl)cccc1C=O)C(=O)O. The molecule has 17 heavy (non-hydrogen) atoms. The summed E-state index contributed by atoms with van der Waals surface area (Å²) in [6.07, 6.45) is 0.620. The molecule has 0 saturated carbocycles. The van der Waals surface area contributed by atoms with Gasteiger partial charge in [-0.25, -0.2) is 0 Å². The molecule has 0 heterocycles. The maximum absolute atomic E-state index is 10.9. The molecule has 0 bridgehead atoms. The molecule has 0 atom stereocenters. The lowest BCUT2D eigenvalue weighted by Crippen LogP contribution is -2.30. The Morgan fingerprint density at radius 1 is 1.53 bits per heavy atom. The second-order valence-electron chi connectivity index (χ2n) is 4.25. The summed E-state index contributed by atoms with van der Waals surface area (Å²) < 4.78 is 5.34. The number of benzene rings is 1. The van der Waals surface area contributed by atoms with Gasteiger partial charge in [0.1, 0.15) is 12.4 Å². The Morgan fingerprint density at radius 3 is 2.71 bits per heavy atom. The van der Waals surface area contributed by atoms with Crippen molar-refractivity contribution in [1.82, 2.24) is 0 Å². The van der Waals surface area contributed by atoms with Crippen molar-refractivity contribution in [1.29, 1.82) is 0 Å². The van der Waals surface area contributed by atoms with Gasteiger partial charge >= 0.3 is 5.97 Å². The predicted molar refractivity (Wildman–Crippen MR) is 63.8 cm³/mol. The van der Waals surface area contributed by atoms with Crippen LogP contribution in [0.2, 0.25) is 5.02 Å². The van der Waals surface area contributed by atoms with E-state index in [4.69, 9.17) is 21.4 Å². The summed E-state index contributed by atoms with van der Waals surface area (Å²) in [5.41, 5.74) is -0.738. The molecule has 0 saturated heterocycles. The highest BCUT2D eigenvalue weighted by Gasteiger charge is 2.28. The number of rotatable bonds is 5. The van der Waals surface area contributed by atoms with Crippen LogP contribution in [-0.2, 0) is 4.79 Å². The monoisotopic (exact) mass is 256 g/mol. The van der Waals surface area contributed by atoms with Gasteiger partial charge in [0.05, 0.1) is 16.0 Å². The van der Waals surface area contributed by atoms with Crippen molar-refractivity contribution in [3.63, 3.8) is 0 Å². The van der Waals surface area contributed by atoms with E-state index in [-0.39, 0.29) is 17.4 Å². The third-order valence-corrected chi connectivity index (χ3v) is 2.58. The van der Waals surface area contributed by atoms with E-state index in [0.717, 1.165) is 0 Å². The average molecular weight is 257 g/mol. The van der Waals surface area contributed by atoms with E-state index < -0.39 is 11.4 Å². The second kappa shape index (κ2) is 5.19. The fourth-order valence-corrected chi connectivity index (χ4v) is 1.32. The van der Waals surface area contributed by atoms with E-state index in [1.165, 1.54) is 13.8 Å². The number of ether oxygens (including phenoxy) is 1. The lowest BCUT2D eigenvalue weighted by Gasteiger charge is -2.20. The van der Waals surface area contributed by atoms with Crippen LogP contribution in [0.4, 0.5) is 0 Å². The topological polar surface area (TPSA) is 63.6 Å². The summed E-state index contributed by atoms with van der Waals surface area (Å²) in [5.74, 6) is -0.754. The first-order chi connectivity index (χ1) is 7.88. The van der Waals surface area contributed by atoms with Crippen LogP contribution in [0.1, 0.15) is 24.2 Å². The van der Waals surface area contributed by atoms with Crippen molar-refractivity contribution in [2.45, 2.75) is 13.8 Å². The van der Waals surface area contributed by atoms with Gasteiger partial charge in [-0.2, -0.15) is 0 Å². The number of carbonyl (C=O) groups is 2. The molecule has 0 spiro atoms. The third-order valence-electron chi connectivity index (χ3n) is 2.28. The minimum atomic E-state index is -1.04. The quantitative estimate of drug-likeness (QED) is 0.823. The summed E-state index contributed by atoms with van der Waals surface area (Å²) in [6, 6.07) is 4.76. The number of hydrogen-bond acceptors (Lipinski definition) is 3. The first-order valence-corrected chi connectivity index (χ1v) is 5.36. The van der Waals surface area contributed by atoms with E-state index in [1.54, 1.807) is 18.2 Å². The van der Waals surface area contributed by atoms with Gasteiger partial charge in [-0.3, -0.25) is 9.59 Å². The Kier molecular flexibility index (Phi) is 4.12. The normalized spacial score (nSPS) is 11.0. The first-order valence-electron chi connectivity index (χ1n) is 4.98. The number of halogens is 1. The number of aliphatic carboxylic acids is 1. The molecule has 1 aromatic rings. The summed E-state index contributed by atoms with van der Waals surface area (Å²) in [4.78, 5) is 21.7. The van der Waals surface area contributed by atoms with E-state index >= 15 is 0 Å². The van der Waals surface area contributed by atoms with Crippen LogP contribution >= 0.6 is 11.6 Å². The molecule has 1 N–H and O–H groups in total. The van der Waals surface area contributed by atoms with Crippen molar-refractivity contribution in [2.75, 3.05) is 6.61 Å². The van der Waals surface area contributed by atoms with Gasteiger partial charge in [-0.1, -0.05) is 17.7 Å². The molecule has 4 nitrogen and oxygen atoms in total. The van der Waals surface area contributed by atoms with E-state index in [1.807, 2.05) is 0 Å². The predicted octanol–water partition coefficient (Wildman–Crippen LogP) is 2.64. The van der Waals surface area contributed by atoms with Gasteiger partial charge in [-0.05, 0) is 26.0 Å². The summed E-state index contributed by atoms with van der Waals surface area (Å²) in [7, 11) is 0. The van der Waals surface area contributed by atoms with Crippen LogP contribution in [0.5, 0.6) is 5.75 Å². The first kappa shape index (κ1) is 13.5. The zero-order chi connectivity index (χ0) is 13.1. The van der Waals surface area contributed by atoms with Crippen LogP contribution in [0.15, 0.2) is 18.2 Å². The molecule has 0 radical (unpaired) electrons. The van der Waals surface area contributed by atoms with Gasteiger partial charge in [0.25, 0.3) is 0 Å². The zero-order valence-electron chi connectivity index (χ0n) is 9.57. The molecule has 0 aliphatic carbocycles. The molecule has 1 aromatic carbocycles. The molecule has 0 aromatic heterocycles. The number of carboxylic acids is 1. The number of carboxylic acid groups (broad SMARTS) is 1. The summed E-state index contributed by atoms with van der Waals surface area (Å²) >= 11 is 5.89. The maximum Gasteiger partial charge on any atom is 0.312 e. The van der Waals surface area contributed by atoms with Crippen molar-refractivity contribution in [2.24, 2.45) is 5.41 Å². The molecule has 0 unspecified atom stereocenters. The molecule has 0 amide bonds. The highest BCUT2D eigenvalue weighted by Crippen LogP contribution is 2.29. The van der Waals surface area contributed by atoms with Crippen LogP contribution in [0, 0.1) is 5.41 Å². The van der Waals surface area contributed by atoms with Crippen LogP contribution in [0.3, 0.4) is 0 Å². The number of carbonyl (C=O) groups excluding carboxylic acids is 1. The minimum Gasteiger partial charge on any atom is -0.490 e. The Balaban J connectivity index is 2.89. The fourth-order valence-electron chi connectivity index (χ4n) is 1.08. The van der Waals surface area contributed by atoms with Crippen LogP contribution < -0.4 is 4.74 Å². The fraction of sp³-hybridized carbons (Fsp3) is 0.333. The molecule has 0 fully saturated rings. The number of para-hydroxylation sites is 1. The Morgan fingerprint density at radius 2 is 2.18 bits per heavy atom. The van der Waals surface area contributed by atoms with Gasteiger partial charge in [0, 0.05) is 0 Å². The molecule has 0 aliphatic heterocycles. The summed E-state index contributed by atoms with van der Waals surface area (Å²) in [5, 5.41) is 9.22. The zero-order valence-corrected chi connectivity index (χ0v) is 10.3. The highest BCUT2D eigenvalue weighted by atomic mass is 35.5. The molecule has 92 valence electrons. The van der Waals surface area contributed by atoms with Gasteiger partial charge in [-0.15, -0.1) is 0 Å². The van der Waals surface area contributed by atoms with E-state index in [0.29, 0.717) is 11.8 Å². The lowest BCUT2D eigenvalue weighted by molar-refractivity contribution is -0.148. The van der Waals surface area contributed by atoms with Crippen molar-refractivity contribution < 1.29 is 19.4 Å². The lowest BCUT2D eigenvalue weighted by atomic mass is 9.95.